The van der Waals surface area contributed by atoms with Gasteiger partial charge in [-0.1, -0.05) is 6.08 Å². The molecule has 5 heterocycles. The molecule has 2 fully saturated rings. The van der Waals surface area contributed by atoms with E-state index in [1.54, 1.807) is 19.6 Å². The van der Waals surface area contributed by atoms with Gasteiger partial charge in [-0.3, -0.25) is 9.88 Å². The average molecular weight is 539 g/mol. The van der Waals surface area contributed by atoms with E-state index in [9.17, 15) is 0 Å². The fourth-order valence-corrected chi connectivity index (χ4v) is 6.68. The molecule has 206 valence electrons. The summed E-state index contributed by atoms with van der Waals surface area (Å²) >= 11 is 0. The number of anilines is 1. The van der Waals surface area contributed by atoms with Gasteiger partial charge in [-0.2, -0.15) is 4.98 Å². The van der Waals surface area contributed by atoms with Crippen LogP contribution in [-0.2, 0) is 16.6 Å². The normalized spacial score (nSPS) is 25.0. The van der Waals surface area contributed by atoms with E-state index in [2.05, 4.69) is 54.4 Å². The molecule has 1 atom stereocenters. The van der Waals surface area contributed by atoms with Gasteiger partial charge in [0.05, 0.1) is 36.8 Å². The van der Waals surface area contributed by atoms with Gasteiger partial charge in [0.1, 0.15) is 17.8 Å². The molecule has 1 saturated heterocycles. The number of hydrogen-bond donors (Lipinski definition) is 2. The van der Waals surface area contributed by atoms with Crippen LogP contribution < -0.4 is 10.1 Å². The molecule has 0 aromatic carbocycles. The van der Waals surface area contributed by atoms with Gasteiger partial charge in [0.2, 0.25) is 0 Å². The van der Waals surface area contributed by atoms with Crippen LogP contribution in [-0.4, -0.2) is 80.3 Å². The number of morpholine rings is 1. The minimum Gasteiger partial charge on any atom is -0.467 e. The van der Waals surface area contributed by atoms with Crippen molar-refractivity contribution in [2.75, 3.05) is 38.7 Å². The number of nitrogens with one attached hydrogen (secondary N) is 2. The first-order valence-electron chi connectivity index (χ1n) is 14.1. The second-order valence-corrected chi connectivity index (χ2v) is 10.9. The van der Waals surface area contributed by atoms with Crippen LogP contribution in [0.3, 0.4) is 0 Å². The summed E-state index contributed by atoms with van der Waals surface area (Å²) < 4.78 is 11.0. The molecule has 0 bridgehead atoms. The minimum atomic E-state index is -0.523. The summed E-state index contributed by atoms with van der Waals surface area (Å²) in [5, 5.41) is 4.87. The molecule has 4 aromatic rings. The van der Waals surface area contributed by atoms with Crippen molar-refractivity contribution in [1.29, 1.82) is 0 Å². The van der Waals surface area contributed by atoms with Crippen molar-refractivity contribution in [3.8, 4) is 6.01 Å². The first kappa shape index (κ1) is 25.1. The van der Waals surface area contributed by atoms with Gasteiger partial charge in [0, 0.05) is 49.5 Å². The fraction of sp³-hybridized carbons (Fsp3) is 0.433. The standard InChI is InChI=1S/C30H34N8O2/c1-39-29-32-13-9-25(37-29)30(20-7-11-31-12-8-20)10-6-24-23(18-30)26-27(33-19-34-28(26)36-24)35-21-2-4-22(5-3-21)38-14-16-40-17-15-38/h6-13,19,21-22H,2-5,14-18H2,1H3,(H2,33,34,35,36). The van der Waals surface area contributed by atoms with E-state index in [0.29, 0.717) is 24.5 Å². The Morgan fingerprint density at radius 2 is 1.85 bits per heavy atom. The zero-order chi connectivity index (χ0) is 26.9. The molecule has 1 unspecified atom stereocenters. The lowest BCUT2D eigenvalue weighted by Crippen LogP contribution is -2.46. The second-order valence-electron chi connectivity index (χ2n) is 10.9. The maximum atomic E-state index is 5.56. The summed E-state index contributed by atoms with van der Waals surface area (Å²) in [6, 6.07) is 7.47. The molecular formula is C30H34N8O2. The van der Waals surface area contributed by atoms with Crippen molar-refractivity contribution < 1.29 is 9.47 Å². The van der Waals surface area contributed by atoms with Crippen molar-refractivity contribution in [2.24, 2.45) is 0 Å². The number of methoxy groups -OCH3 is 1. The number of hydrogen-bond acceptors (Lipinski definition) is 9. The van der Waals surface area contributed by atoms with Gasteiger partial charge in [0.15, 0.2) is 0 Å². The van der Waals surface area contributed by atoms with Crippen LogP contribution in [0.5, 0.6) is 6.01 Å². The third-order valence-corrected chi connectivity index (χ3v) is 8.79. The summed E-state index contributed by atoms with van der Waals surface area (Å²) in [6.07, 6.45) is 16.8. The van der Waals surface area contributed by atoms with Crippen LogP contribution in [0.2, 0.25) is 0 Å². The number of aromatic amines is 1. The van der Waals surface area contributed by atoms with Crippen LogP contribution in [0, 0.1) is 0 Å². The van der Waals surface area contributed by atoms with Crippen molar-refractivity contribution in [3.05, 3.63) is 71.7 Å². The van der Waals surface area contributed by atoms with E-state index in [4.69, 9.17) is 19.4 Å². The van der Waals surface area contributed by atoms with E-state index < -0.39 is 5.41 Å². The highest BCUT2D eigenvalue weighted by Crippen LogP contribution is 2.44. The lowest BCUT2D eigenvalue weighted by molar-refractivity contribution is 0.00791. The van der Waals surface area contributed by atoms with Crippen molar-refractivity contribution in [2.45, 2.75) is 49.6 Å². The summed E-state index contributed by atoms with van der Waals surface area (Å²) in [7, 11) is 1.59. The predicted octanol–water partition coefficient (Wildman–Crippen LogP) is 3.76. The van der Waals surface area contributed by atoms with E-state index in [1.807, 2.05) is 18.5 Å². The molecule has 2 N–H and O–H groups in total. The molecule has 10 nitrogen and oxygen atoms in total. The van der Waals surface area contributed by atoms with E-state index in [1.165, 1.54) is 18.4 Å². The van der Waals surface area contributed by atoms with E-state index in [-0.39, 0.29) is 0 Å². The maximum absolute atomic E-state index is 5.56. The van der Waals surface area contributed by atoms with Gasteiger partial charge < -0.3 is 19.8 Å². The molecule has 40 heavy (non-hydrogen) atoms. The highest BCUT2D eigenvalue weighted by Gasteiger charge is 2.39. The topological polar surface area (TPSA) is 114 Å². The molecule has 1 saturated carbocycles. The highest BCUT2D eigenvalue weighted by molar-refractivity contribution is 5.94. The maximum Gasteiger partial charge on any atom is 0.316 e. The highest BCUT2D eigenvalue weighted by atomic mass is 16.5. The van der Waals surface area contributed by atoms with Crippen molar-refractivity contribution >= 4 is 22.9 Å². The lowest BCUT2D eigenvalue weighted by atomic mass is 9.70. The molecule has 7 rings (SSSR count). The quantitative estimate of drug-likeness (QED) is 0.379. The largest absolute Gasteiger partial charge is 0.467 e. The molecule has 4 aromatic heterocycles. The minimum absolute atomic E-state index is 0.349. The Kier molecular flexibility index (Phi) is 6.65. The van der Waals surface area contributed by atoms with Crippen molar-refractivity contribution in [1.82, 2.24) is 34.8 Å². The summed E-state index contributed by atoms with van der Waals surface area (Å²) in [6.45, 7) is 3.81. The van der Waals surface area contributed by atoms with Crippen LogP contribution in [0.1, 0.15) is 48.2 Å². The van der Waals surface area contributed by atoms with Gasteiger partial charge in [-0.05, 0) is 67.5 Å². The third kappa shape index (κ3) is 4.50. The molecule has 3 aliphatic rings. The molecule has 1 aliphatic heterocycles. The Bertz CT molecular complexity index is 1510. The third-order valence-electron chi connectivity index (χ3n) is 8.79. The zero-order valence-electron chi connectivity index (χ0n) is 22.7. The van der Waals surface area contributed by atoms with Crippen LogP contribution in [0.15, 0.2) is 49.2 Å². The Balaban J connectivity index is 1.21. The Morgan fingerprint density at radius 3 is 2.65 bits per heavy atom. The molecule has 10 heteroatoms. The van der Waals surface area contributed by atoms with Crippen LogP contribution in [0.4, 0.5) is 5.82 Å². The number of rotatable bonds is 6. The number of H-pyrrole nitrogens is 1. The molecule has 0 amide bonds. The first-order valence-corrected chi connectivity index (χ1v) is 14.1. The van der Waals surface area contributed by atoms with Gasteiger partial charge in [-0.25, -0.2) is 15.0 Å². The number of ether oxygens (including phenoxy) is 2. The number of nitrogens with zero attached hydrogens (tertiary/aromatic N) is 6. The first-order chi connectivity index (χ1) is 19.7. The Labute approximate surface area is 233 Å². The van der Waals surface area contributed by atoms with Gasteiger partial charge in [0.25, 0.3) is 0 Å². The smallest absolute Gasteiger partial charge is 0.316 e. The van der Waals surface area contributed by atoms with Crippen LogP contribution in [0.25, 0.3) is 17.1 Å². The number of allylic oxidation sites excluding steroid dienone is 1. The number of pyridine rings is 1. The summed E-state index contributed by atoms with van der Waals surface area (Å²) in [5.41, 5.74) is 4.53. The van der Waals surface area contributed by atoms with Gasteiger partial charge >= 0.3 is 6.01 Å². The lowest BCUT2D eigenvalue weighted by Gasteiger charge is -2.39. The zero-order valence-corrected chi connectivity index (χ0v) is 22.7. The predicted molar refractivity (Wildman–Crippen MR) is 152 cm³/mol. The molecule has 0 radical (unpaired) electrons. The van der Waals surface area contributed by atoms with E-state index >= 15 is 0 Å². The van der Waals surface area contributed by atoms with Crippen LogP contribution >= 0.6 is 0 Å². The average Bonchev–Trinajstić information content (AvgIpc) is 3.41. The summed E-state index contributed by atoms with van der Waals surface area (Å²) in [4.78, 5) is 28.9. The van der Waals surface area contributed by atoms with Crippen molar-refractivity contribution in [3.63, 3.8) is 0 Å². The number of fused-ring (bicyclic) bond motifs is 3. The monoisotopic (exact) mass is 538 g/mol. The fourth-order valence-electron chi connectivity index (χ4n) is 6.68. The van der Waals surface area contributed by atoms with E-state index in [0.717, 1.165) is 72.9 Å². The molecular weight excluding hydrogens is 504 g/mol. The SMILES string of the molecule is COc1nccc(C2(c3ccncc3)C=Cc3[nH]c4ncnc(NC5CCC(N6CCOCC6)CC5)c4c3C2)n1. The molecule has 2 aliphatic carbocycles. The number of aromatic nitrogens is 6. The van der Waals surface area contributed by atoms with Gasteiger partial charge in [-0.15, -0.1) is 0 Å². The summed E-state index contributed by atoms with van der Waals surface area (Å²) in [5.74, 6) is 0.900. The molecule has 0 spiro atoms. The second kappa shape index (κ2) is 10.6. The Hall–Kier alpha value is -3.89. The Morgan fingerprint density at radius 1 is 1.02 bits per heavy atom.